The van der Waals surface area contributed by atoms with E-state index in [2.05, 4.69) is 11.9 Å². The Hall–Kier alpha value is -0.900. The molecule has 0 aromatic carbocycles. The smallest absolute Gasteiger partial charge is 0.358 e. The molecule has 0 radical (unpaired) electrons. The lowest BCUT2D eigenvalue weighted by Crippen LogP contribution is -2.18. The molecule has 0 bridgehead atoms. The molecule has 1 aliphatic carbocycles. The summed E-state index contributed by atoms with van der Waals surface area (Å²) >= 11 is 1.40. The number of aromatic nitrogens is 1. The zero-order valence-corrected chi connectivity index (χ0v) is 8.43. The number of carbonyl (C=O) groups is 1. The molecule has 4 heteroatoms. The first kappa shape index (κ1) is 8.69. The van der Waals surface area contributed by atoms with E-state index in [1.165, 1.54) is 11.3 Å². The molecule has 13 heavy (non-hydrogen) atoms. The first-order valence-electron chi connectivity index (χ1n) is 4.23. The van der Waals surface area contributed by atoms with Gasteiger partial charge in [-0.2, -0.15) is 0 Å². The number of thiazole rings is 1. The molecule has 0 spiro atoms. The molecule has 1 aliphatic rings. The average molecular weight is 197 g/mol. The minimum Gasteiger partial charge on any atom is -0.454 e. The van der Waals surface area contributed by atoms with Gasteiger partial charge in [0.1, 0.15) is 5.60 Å². The number of hydrogen-bond acceptors (Lipinski definition) is 4. The molecule has 70 valence electrons. The minimum atomic E-state index is -0.298. The van der Waals surface area contributed by atoms with Crippen LogP contribution in [-0.2, 0) is 4.74 Å². The summed E-state index contributed by atoms with van der Waals surface area (Å²) in [4.78, 5) is 15.3. The van der Waals surface area contributed by atoms with Gasteiger partial charge in [-0.05, 0) is 19.3 Å². The van der Waals surface area contributed by atoms with Crippen molar-refractivity contribution in [2.45, 2.75) is 25.9 Å². The zero-order valence-electron chi connectivity index (χ0n) is 7.61. The Morgan fingerprint density at radius 1 is 1.85 bits per heavy atom. The average Bonchev–Trinajstić information content (AvgIpc) is 2.58. The molecule has 2 rings (SSSR count). The van der Waals surface area contributed by atoms with Crippen LogP contribution in [-0.4, -0.2) is 16.6 Å². The summed E-state index contributed by atoms with van der Waals surface area (Å²) in [6, 6.07) is 0. The molecule has 3 nitrogen and oxygen atoms in total. The van der Waals surface area contributed by atoms with Gasteiger partial charge in [-0.3, -0.25) is 0 Å². The van der Waals surface area contributed by atoms with Crippen molar-refractivity contribution in [1.82, 2.24) is 4.98 Å². The molecule has 1 saturated carbocycles. The first-order chi connectivity index (χ1) is 6.12. The normalized spacial score (nSPS) is 31.4. The van der Waals surface area contributed by atoms with Crippen molar-refractivity contribution in [3.05, 3.63) is 16.6 Å². The van der Waals surface area contributed by atoms with Crippen molar-refractivity contribution >= 4 is 17.3 Å². The Balaban J connectivity index is 2.01. The molecule has 1 heterocycles. The predicted molar refractivity (Wildman–Crippen MR) is 49.7 cm³/mol. The fourth-order valence-electron chi connectivity index (χ4n) is 1.27. The Kier molecular flexibility index (Phi) is 1.87. The molecule has 0 amide bonds. The highest BCUT2D eigenvalue weighted by Crippen LogP contribution is 2.46. The summed E-state index contributed by atoms with van der Waals surface area (Å²) in [7, 11) is 0. The van der Waals surface area contributed by atoms with Crippen molar-refractivity contribution < 1.29 is 9.53 Å². The fourth-order valence-corrected chi connectivity index (χ4v) is 1.79. The Bertz CT molecular complexity index is 322. The molecule has 0 saturated heterocycles. The highest BCUT2D eigenvalue weighted by Gasteiger charge is 2.50. The van der Waals surface area contributed by atoms with E-state index in [0.29, 0.717) is 11.6 Å². The number of esters is 1. The van der Waals surface area contributed by atoms with E-state index < -0.39 is 0 Å². The SMILES string of the molecule is CC1CC1(C)OC(=O)c1cscn1. The van der Waals surface area contributed by atoms with Gasteiger partial charge in [-0.1, -0.05) is 6.92 Å². The van der Waals surface area contributed by atoms with Crippen LogP contribution in [0.25, 0.3) is 0 Å². The highest BCUT2D eigenvalue weighted by molar-refractivity contribution is 7.07. The van der Waals surface area contributed by atoms with Crippen LogP contribution in [0.3, 0.4) is 0 Å². The van der Waals surface area contributed by atoms with E-state index in [9.17, 15) is 4.79 Å². The molecule has 0 N–H and O–H groups in total. The van der Waals surface area contributed by atoms with Gasteiger partial charge in [0.2, 0.25) is 0 Å². The molecule has 1 aromatic heterocycles. The Labute approximate surface area is 80.8 Å². The van der Waals surface area contributed by atoms with Gasteiger partial charge in [0.15, 0.2) is 5.69 Å². The maximum absolute atomic E-state index is 11.4. The first-order valence-corrected chi connectivity index (χ1v) is 5.17. The third kappa shape index (κ3) is 1.58. The third-order valence-electron chi connectivity index (χ3n) is 2.56. The molecule has 2 atom stereocenters. The van der Waals surface area contributed by atoms with E-state index in [4.69, 9.17) is 4.74 Å². The van der Waals surface area contributed by atoms with Crippen LogP contribution in [0.1, 0.15) is 30.8 Å². The molecule has 0 aliphatic heterocycles. The van der Waals surface area contributed by atoms with Gasteiger partial charge in [-0.15, -0.1) is 11.3 Å². The van der Waals surface area contributed by atoms with E-state index in [1.807, 2.05) is 6.92 Å². The standard InChI is InChI=1S/C9H11NO2S/c1-6-3-9(6,2)12-8(11)7-4-13-5-10-7/h4-6H,3H2,1-2H3. The van der Waals surface area contributed by atoms with Crippen LogP contribution >= 0.6 is 11.3 Å². The van der Waals surface area contributed by atoms with Crippen LogP contribution in [0.4, 0.5) is 0 Å². The summed E-state index contributed by atoms with van der Waals surface area (Å²) in [5, 5.41) is 1.71. The van der Waals surface area contributed by atoms with Crippen LogP contribution < -0.4 is 0 Å². The number of hydrogen-bond donors (Lipinski definition) is 0. The maximum atomic E-state index is 11.4. The van der Waals surface area contributed by atoms with Gasteiger partial charge >= 0.3 is 5.97 Å². The lowest BCUT2D eigenvalue weighted by Gasteiger charge is -2.10. The predicted octanol–water partition coefficient (Wildman–Crippen LogP) is 2.10. The second-order valence-electron chi connectivity index (χ2n) is 3.68. The van der Waals surface area contributed by atoms with Crippen molar-refractivity contribution in [1.29, 1.82) is 0 Å². The monoisotopic (exact) mass is 197 g/mol. The number of carbonyl (C=O) groups excluding carboxylic acids is 1. The lowest BCUT2D eigenvalue weighted by atomic mass is 10.3. The second kappa shape index (κ2) is 2.80. The number of nitrogens with zero attached hydrogens (tertiary/aromatic N) is 1. The highest BCUT2D eigenvalue weighted by atomic mass is 32.1. The van der Waals surface area contributed by atoms with Gasteiger partial charge in [0.25, 0.3) is 0 Å². The number of ether oxygens (including phenoxy) is 1. The van der Waals surface area contributed by atoms with Crippen molar-refractivity contribution in [3.8, 4) is 0 Å². The van der Waals surface area contributed by atoms with Crippen LogP contribution in [0.15, 0.2) is 10.9 Å². The molecule has 2 unspecified atom stereocenters. The maximum Gasteiger partial charge on any atom is 0.358 e. The van der Waals surface area contributed by atoms with E-state index in [-0.39, 0.29) is 11.6 Å². The second-order valence-corrected chi connectivity index (χ2v) is 4.40. The van der Waals surface area contributed by atoms with E-state index >= 15 is 0 Å². The Morgan fingerprint density at radius 2 is 2.54 bits per heavy atom. The largest absolute Gasteiger partial charge is 0.454 e. The zero-order chi connectivity index (χ0) is 9.47. The van der Waals surface area contributed by atoms with Gasteiger partial charge in [0, 0.05) is 5.38 Å². The van der Waals surface area contributed by atoms with Crippen molar-refractivity contribution in [2.75, 3.05) is 0 Å². The summed E-state index contributed by atoms with van der Waals surface area (Å²) < 4.78 is 5.31. The van der Waals surface area contributed by atoms with Crippen molar-refractivity contribution in [3.63, 3.8) is 0 Å². The third-order valence-corrected chi connectivity index (χ3v) is 3.15. The molecule has 1 fully saturated rings. The van der Waals surface area contributed by atoms with E-state index in [1.54, 1.807) is 10.9 Å². The molecular formula is C9H11NO2S. The Morgan fingerprint density at radius 3 is 3.00 bits per heavy atom. The van der Waals surface area contributed by atoms with Crippen LogP contribution in [0, 0.1) is 5.92 Å². The van der Waals surface area contributed by atoms with Crippen molar-refractivity contribution in [2.24, 2.45) is 5.92 Å². The minimum absolute atomic E-state index is 0.235. The fraction of sp³-hybridized carbons (Fsp3) is 0.556. The molecular weight excluding hydrogens is 186 g/mol. The van der Waals surface area contributed by atoms with Gasteiger partial charge in [-0.25, -0.2) is 9.78 Å². The number of rotatable bonds is 2. The van der Waals surface area contributed by atoms with E-state index in [0.717, 1.165) is 6.42 Å². The quantitative estimate of drug-likeness (QED) is 0.681. The summed E-state index contributed by atoms with van der Waals surface area (Å²) in [6.07, 6.45) is 0.961. The van der Waals surface area contributed by atoms with Gasteiger partial charge < -0.3 is 4.74 Å². The summed E-state index contributed by atoms with van der Waals surface area (Å²) in [5.41, 5.74) is 1.82. The summed E-state index contributed by atoms with van der Waals surface area (Å²) in [6.45, 7) is 4.04. The lowest BCUT2D eigenvalue weighted by molar-refractivity contribution is 0.0232. The topological polar surface area (TPSA) is 39.2 Å². The van der Waals surface area contributed by atoms with Gasteiger partial charge in [0.05, 0.1) is 5.51 Å². The van der Waals surface area contributed by atoms with Crippen LogP contribution in [0.2, 0.25) is 0 Å². The van der Waals surface area contributed by atoms with Crippen LogP contribution in [0.5, 0.6) is 0 Å². The molecule has 1 aromatic rings. The summed E-state index contributed by atoms with van der Waals surface area (Å²) in [5.74, 6) is 0.184.